The molecule has 150 valence electrons. The second-order valence-electron chi connectivity index (χ2n) is 6.49. The molecule has 0 bridgehead atoms. The fourth-order valence-electron chi connectivity index (χ4n) is 2.93. The fraction of sp³-hybridized carbons (Fsp3) is 0.125. The van der Waals surface area contributed by atoms with Gasteiger partial charge < -0.3 is 14.8 Å². The summed E-state index contributed by atoms with van der Waals surface area (Å²) in [7, 11) is 3.19. The Morgan fingerprint density at radius 3 is 2.53 bits per heavy atom. The van der Waals surface area contributed by atoms with Crippen LogP contribution in [0.3, 0.4) is 0 Å². The summed E-state index contributed by atoms with van der Waals surface area (Å²) in [6.45, 7) is 6.06. The molecule has 0 radical (unpaired) electrons. The van der Waals surface area contributed by atoms with E-state index in [1.165, 1.54) is 0 Å². The number of rotatable bonds is 6. The van der Waals surface area contributed by atoms with E-state index < -0.39 is 0 Å². The Kier molecular flexibility index (Phi) is 6.46. The molecule has 0 saturated carbocycles. The predicted octanol–water partition coefficient (Wildman–Crippen LogP) is 4.81. The molecule has 0 aliphatic rings. The molecular weight excluding hydrogens is 376 g/mol. The van der Waals surface area contributed by atoms with Crippen molar-refractivity contribution < 1.29 is 9.47 Å². The molecule has 3 rings (SSSR count). The van der Waals surface area contributed by atoms with Gasteiger partial charge in [-0.25, -0.2) is 4.99 Å². The molecule has 0 aliphatic heterocycles. The number of hydrogen-bond acceptors (Lipinski definition) is 5. The molecular formula is C24H22N4O2. The highest BCUT2D eigenvalue weighted by atomic mass is 16.5. The van der Waals surface area contributed by atoms with E-state index >= 15 is 0 Å². The Labute approximate surface area is 176 Å². The van der Waals surface area contributed by atoms with Gasteiger partial charge in [0, 0.05) is 29.2 Å². The molecule has 0 atom stereocenters. The van der Waals surface area contributed by atoms with Gasteiger partial charge in [-0.3, -0.25) is 4.98 Å². The summed E-state index contributed by atoms with van der Waals surface area (Å²) in [6, 6.07) is 16.8. The zero-order valence-corrected chi connectivity index (χ0v) is 17.1. The lowest BCUT2D eigenvalue weighted by atomic mass is 10.1. The van der Waals surface area contributed by atoms with E-state index in [0.29, 0.717) is 28.6 Å². The Bertz CT molecular complexity index is 1130. The minimum atomic E-state index is 0.550. The number of nitrogens with zero attached hydrogens (tertiary/aromatic N) is 3. The number of methoxy groups -OCH3 is 2. The van der Waals surface area contributed by atoms with Crippen molar-refractivity contribution >= 4 is 17.2 Å². The molecule has 1 N–H and O–H groups in total. The van der Waals surface area contributed by atoms with Gasteiger partial charge in [-0.2, -0.15) is 5.26 Å². The first kappa shape index (κ1) is 20.6. The van der Waals surface area contributed by atoms with Crippen molar-refractivity contribution in [1.82, 2.24) is 4.98 Å². The SMILES string of the molecule is C=C(/N=C(/Nc1cccc(C#N)c1)c1cc(OC)c(OC)cc1C)c1cccnc1. The average molecular weight is 398 g/mol. The van der Waals surface area contributed by atoms with Crippen LogP contribution in [0.2, 0.25) is 0 Å². The number of aromatic nitrogens is 1. The smallest absolute Gasteiger partial charge is 0.161 e. The first-order valence-electron chi connectivity index (χ1n) is 9.24. The molecule has 0 fully saturated rings. The quantitative estimate of drug-likeness (QED) is 0.476. The molecule has 2 aromatic carbocycles. The number of hydrogen-bond donors (Lipinski definition) is 1. The molecule has 6 heteroatoms. The number of benzene rings is 2. The van der Waals surface area contributed by atoms with Gasteiger partial charge in [-0.1, -0.05) is 12.6 Å². The van der Waals surface area contributed by atoms with Crippen LogP contribution >= 0.6 is 0 Å². The third-order valence-electron chi connectivity index (χ3n) is 4.48. The average Bonchev–Trinajstić information content (AvgIpc) is 2.79. The molecule has 30 heavy (non-hydrogen) atoms. The molecule has 0 spiro atoms. The van der Waals surface area contributed by atoms with Crippen LogP contribution in [0.25, 0.3) is 5.70 Å². The van der Waals surface area contributed by atoms with Crippen molar-refractivity contribution in [2.24, 2.45) is 4.99 Å². The lowest BCUT2D eigenvalue weighted by Crippen LogP contribution is -2.16. The Balaban J connectivity index is 2.11. The summed E-state index contributed by atoms with van der Waals surface area (Å²) in [5, 5.41) is 12.5. The molecule has 0 aliphatic carbocycles. The fourth-order valence-corrected chi connectivity index (χ4v) is 2.93. The zero-order valence-electron chi connectivity index (χ0n) is 17.1. The van der Waals surface area contributed by atoms with E-state index in [-0.39, 0.29) is 0 Å². The maximum absolute atomic E-state index is 9.22. The minimum Gasteiger partial charge on any atom is -0.493 e. The topological polar surface area (TPSA) is 79.5 Å². The number of pyridine rings is 1. The highest BCUT2D eigenvalue weighted by Gasteiger charge is 2.15. The van der Waals surface area contributed by atoms with Gasteiger partial charge in [0.25, 0.3) is 0 Å². The van der Waals surface area contributed by atoms with Crippen LogP contribution in [0.5, 0.6) is 11.5 Å². The Morgan fingerprint density at radius 2 is 1.87 bits per heavy atom. The lowest BCUT2D eigenvalue weighted by molar-refractivity contribution is 0.354. The summed E-state index contributed by atoms with van der Waals surface area (Å²) in [4.78, 5) is 8.89. The number of ether oxygens (including phenoxy) is 2. The van der Waals surface area contributed by atoms with Crippen LogP contribution in [0.15, 0.2) is 72.5 Å². The predicted molar refractivity (Wildman–Crippen MR) is 119 cm³/mol. The first-order valence-corrected chi connectivity index (χ1v) is 9.24. The molecule has 0 amide bonds. The van der Waals surface area contributed by atoms with Gasteiger partial charge in [0.1, 0.15) is 5.84 Å². The van der Waals surface area contributed by atoms with E-state index in [1.54, 1.807) is 38.7 Å². The van der Waals surface area contributed by atoms with E-state index in [9.17, 15) is 5.26 Å². The van der Waals surface area contributed by atoms with Crippen LogP contribution in [-0.2, 0) is 0 Å². The van der Waals surface area contributed by atoms with Crippen molar-refractivity contribution in [3.63, 3.8) is 0 Å². The molecule has 1 heterocycles. The van der Waals surface area contributed by atoms with Crippen molar-refractivity contribution in [2.75, 3.05) is 19.5 Å². The van der Waals surface area contributed by atoms with Crippen molar-refractivity contribution in [1.29, 1.82) is 5.26 Å². The van der Waals surface area contributed by atoms with Crippen molar-refractivity contribution in [2.45, 2.75) is 6.92 Å². The van der Waals surface area contributed by atoms with Crippen LogP contribution in [0.4, 0.5) is 5.69 Å². The number of nitrogens with one attached hydrogen (secondary N) is 1. The number of aliphatic imine (C=N–C) groups is 1. The van der Waals surface area contributed by atoms with E-state index in [1.807, 2.05) is 43.3 Å². The van der Waals surface area contributed by atoms with Gasteiger partial charge in [0.2, 0.25) is 0 Å². The van der Waals surface area contributed by atoms with Crippen molar-refractivity contribution in [3.8, 4) is 17.6 Å². The molecule has 0 saturated heterocycles. The number of aryl methyl sites for hydroxylation is 1. The van der Waals surface area contributed by atoms with Crippen LogP contribution in [0.1, 0.15) is 22.3 Å². The van der Waals surface area contributed by atoms with E-state index in [4.69, 9.17) is 14.5 Å². The van der Waals surface area contributed by atoms with Crippen LogP contribution in [-0.4, -0.2) is 25.0 Å². The van der Waals surface area contributed by atoms with Crippen LogP contribution < -0.4 is 14.8 Å². The van der Waals surface area contributed by atoms with E-state index in [2.05, 4.69) is 22.9 Å². The summed E-state index contributed by atoms with van der Waals surface area (Å²) in [5.74, 6) is 1.79. The van der Waals surface area contributed by atoms with Gasteiger partial charge >= 0.3 is 0 Å². The lowest BCUT2D eigenvalue weighted by Gasteiger charge is -2.16. The first-order chi connectivity index (χ1) is 14.5. The zero-order chi connectivity index (χ0) is 21.5. The summed E-state index contributed by atoms with van der Waals surface area (Å²) < 4.78 is 10.9. The van der Waals surface area contributed by atoms with Gasteiger partial charge in [-0.05, 0) is 55.0 Å². The molecule has 6 nitrogen and oxygen atoms in total. The largest absolute Gasteiger partial charge is 0.493 e. The molecule has 0 unspecified atom stereocenters. The van der Waals surface area contributed by atoms with Crippen molar-refractivity contribution in [3.05, 3.63) is 89.8 Å². The number of nitriles is 1. The Morgan fingerprint density at radius 1 is 1.10 bits per heavy atom. The molecule has 3 aromatic rings. The second kappa shape index (κ2) is 9.39. The minimum absolute atomic E-state index is 0.550. The number of anilines is 1. The highest BCUT2D eigenvalue weighted by molar-refractivity contribution is 6.11. The van der Waals surface area contributed by atoms with Gasteiger partial charge in [0.15, 0.2) is 11.5 Å². The maximum atomic E-state index is 9.22. The third-order valence-corrected chi connectivity index (χ3v) is 4.48. The van der Waals surface area contributed by atoms with Gasteiger partial charge in [0.05, 0.1) is 31.5 Å². The third kappa shape index (κ3) is 4.65. The summed E-state index contributed by atoms with van der Waals surface area (Å²) >= 11 is 0. The standard InChI is InChI=1S/C24H22N4O2/c1-16-11-22(29-3)23(30-4)13-21(16)24(27-17(2)19-8-6-10-26-15-19)28-20-9-5-7-18(12-20)14-25/h5-13,15H,2H2,1,3-4H3,(H,27,28). The molecule has 1 aromatic heterocycles. The summed E-state index contributed by atoms with van der Waals surface area (Å²) in [5.41, 5.74) is 4.40. The normalized spacial score (nSPS) is 10.8. The van der Waals surface area contributed by atoms with E-state index in [0.717, 1.165) is 22.4 Å². The van der Waals surface area contributed by atoms with Gasteiger partial charge in [-0.15, -0.1) is 0 Å². The Hall–Kier alpha value is -4.11. The highest BCUT2D eigenvalue weighted by Crippen LogP contribution is 2.31. The number of amidine groups is 1. The maximum Gasteiger partial charge on any atom is 0.161 e. The van der Waals surface area contributed by atoms with Crippen LogP contribution in [0, 0.1) is 18.3 Å². The summed E-state index contributed by atoms with van der Waals surface area (Å²) in [6.07, 6.45) is 3.41. The monoisotopic (exact) mass is 398 g/mol. The second-order valence-corrected chi connectivity index (χ2v) is 6.49.